The van der Waals surface area contributed by atoms with Gasteiger partial charge in [0.2, 0.25) is 0 Å². The fourth-order valence-corrected chi connectivity index (χ4v) is 5.18. The molecule has 4 nitrogen and oxygen atoms in total. The van der Waals surface area contributed by atoms with Crippen LogP contribution in [0.1, 0.15) is 34.1 Å². The number of nitrogens with zero attached hydrogens (tertiary/aromatic N) is 1. The Morgan fingerprint density at radius 2 is 2.15 bits per heavy atom. The fourth-order valence-electron chi connectivity index (χ4n) is 5.18. The lowest BCUT2D eigenvalue weighted by Crippen LogP contribution is -2.51. The molecule has 0 aromatic carbocycles. The molecule has 3 rings (SSSR count). The third-order valence-corrected chi connectivity index (χ3v) is 5.85. The molecule has 0 saturated carbocycles. The Labute approximate surface area is 122 Å². The molecule has 4 heteroatoms. The number of hydrogen-bond donors (Lipinski definition) is 2. The summed E-state index contributed by atoms with van der Waals surface area (Å²) in [5.41, 5.74) is 0. The zero-order valence-corrected chi connectivity index (χ0v) is 13.2. The fraction of sp³-hybridized carbons (Fsp3) is 0.938. The molecule has 3 heterocycles. The molecule has 0 radical (unpaired) electrons. The van der Waals surface area contributed by atoms with Gasteiger partial charge < -0.3 is 5.32 Å². The molecule has 0 bridgehead atoms. The lowest BCUT2D eigenvalue weighted by Gasteiger charge is -2.36. The van der Waals surface area contributed by atoms with E-state index >= 15 is 0 Å². The zero-order chi connectivity index (χ0) is 14.4. The third kappa shape index (κ3) is 2.04. The molecule has 20 heavy (non-hydrogen) atoms. The molecule has 3 saturated heterocycles. The van der Waals surface area contributed by atoms with Gasteiger partial charge in [-0.1, -0.05) is 20.8 Å². The number of likely N-dealkylation sites (tertiary alicyclic amines) is 1. The van der Waals surface area contributed by atoms with Crippen LogP contribution in [0.2, 0.25) is 0 Å². The Kier molecular flexibility index (Phi) is 3.91. The van der Waals surface area contributed by atoms with Crippen LogP contribution in [0.25, 0.3) is 0 Å². The maximum Gasteiger partial charge on any atom is 0.147 e. The highest BCUT2D eigenvalue weighted by atomic mass is 16.1. The minimum Gasteiger partial charge on any atom is -0.316 e. The van der Waals surface area contributed by atoms with Crippen LogP contribution in [-0.2, 0) is 4.79 Å². The van der Waals surface area contributed by atoms with Crippen molar-refractivity contribution in [2.75, 3.05) is 19.6 Å². The normalized spacial score (nSPS) is 44.6. The molecule has 0 aromatic heterocycles. The van der Waals surface area contributed by atoms with Gasteiger partial charge in [0.25, 0.3) is 0 Å². The molecular weight excluding hydrogens is 250 g/mol. The number of nitrogens with one attached hydrogen (secondary N) is 2. The smallest absolute Gasteiger partial charge is 0.147 e. The molecule has 6 atom stereocenters. The van der Waals surface area contributed by atoms with Gasteiger partial charge in [-0.15, -0.1) is 0 Å². The average Bonchev–Trinajstić information content (AvgIpc) is 2.91. The van der Waals surface area contributed by atoms with Gasteiger partial charge in [-0.25, -0.2) is 0 Å². The molecule has 3 aliphatic rings. The van der Waals surface area contributed by atoms with Crippen LogP contribution in [0.3, 0.4) is 0 Å². The number of piperidine rings is 1. The van der Waals surface area contributed by atoms with Gasteiger partial charge >= 0.3 is 0 Å². The quantitative estimate of drug-likeness (QED) is 0.811. The van der Waals surface area contributed by atoms with Gasteiger partial charge in [0.05, 0.1) is 12.2 Å². The molecule has 0 amide bonds. The van der Waals surface area contributed by atoms with Crippen molar-refractivity contribution in [1.82, 2.24) is 15.5 Å². The van der Waals surface area contributed by atoms with E-state index in [1.807, 2.05) is 0 Å². The van der Waals surface area contributed by atoms with Gasteiger partial charge in [-0.05, 0) is 56.7 Å². The van der Waals surface area contributed by atoms with Gasteiger partial charge in [0.1, 0.15) is 5.78 Å². The SMILES string of the molecule is CCN1C2NC3CCNCC3C2C(C(C)C)C1C(C)=O. The van der Waals surface area contributed by atoms with Crippen LogP contribution < -0.4 is 10.6 Å². The summed E-state index contributed by atoms with van der Waals surface area (Å²) in [4.78, 5) is 14.7. The van der Waals surface area contributed by atoms with Gasteiger partial charge in [-0.2, -0.15) is 0 Å². The van der Waals surface area contributed by atoms with Crippen molar-refractivity contribution in [3.05, 3.63) is 0 Å². The van der Waals surface area contributed by atoms with E-state index in [1.54, 1.807) is 6.92 Å². The van der Waals surface area contributed by atoms with Crippen molar-refractivity contribution in [3.63, 3.8) is 0 Å². The third-order valence-electron chi connectivity index (χ3n) is 5.85. The predicted octanol–water partition coefficient (Wildman–Crippen LogP) is 1.08. The van der Waals surface area contributed by atoms with Crippen LogP contribution >= 0.6 is 0 Å². The first-order valence-corrected chi connectivity index (χ1v) is 8.29. The van der Waals surface area contributed by atoms with Crippen molar-refractivity contribution in [2.24, 2.45) is 23.7 Å². The lowest BCUT2D eigenvalue weighted by atomic mass is 9.72. The number of Topliss-reactive ketones (excluding diaryl/α,β-unsaturated/α-hetero) is 1. The molecule has 0 aliphatic carbocycles. The van der Waals surface area contributed by atoms with Gasteiger partial charge in [-0.3, -0.25) is 15.0 Å². The summed E-state index contributed by atoms with van der Waals surface area (Å²) in [5, 5.41) is 7.42. The lowest BCUT2D eigenvalue weighted by molar-refractivity contribution is -0.123. The number of carbonyl (C=O) groups is 1. The summed E-state index contributed by atoms with van der Waals surface area (Å²) in [6.07, 6.45) is 1.64. The maximum atomic E-state index is 12.2. The minimum atomic E-state index is 0.116. The van der Waals surface area contributed by atoms with Gasteiger partial charge in [0, 0.05) is 6.04 Å². The Hall–Kier alpha value is -0.450. The highest BCUT2D eigenvalue weighted by molar-refractivity contribution is 5.82. The number of carbonyl (C=O) groups excluding carboxylic acids is 1. The second-order valence-electron chi connectivity index (χ2n) is 7.16. The van der Waals surface area contributed by atoms with E-state index in [4.69, 9.17) is 0 Å². The summed E-state index contributed by atoms with van der Waals surface area (Å²) >= 11 is 0. The zero-order valence-electron chi connectivity index (χ0n) is 13.2. The van der Waals surface area contributed by atoms with E-state index in [2.05, 4.69) is 36.3 Å². The first kappa shape index (κ1) is 14.5. The van der Waals surface area contributed by atoms with Crippen molar-refractivity contribution >= 4 is 5.78 Å². The second kappa shape index (κ2) is 5.39. The van der Waals surface area contributed by atoms with Crippen molar-refractivity contribution in [2.45, 2.75) is 52.4 Å². The Morgan fingerprint density at radius 1 is 1.40 bits per heavy atom. The molecular formula is C16H29N3O. The standard InChI is InChI=1S/C16H29N3O/c1-5-19-15(10(4)20)13(9(2)3)14-11-8-17-7-6-12(11)18-16(14)19/h9,11-18H,5-8H2,1-4H3. The number of ketones is 1. The van der Waals surface area contributed by atoms with Crippen LogP contribution in [0.4, 0.5) is 0 Å². The molecule has 0 aromatic rings. The molecule has 2 N–H and O–H groups in total. The van der Waals surface area contributed by atoms with Crippen LogP contribution in [0.5, 0.6) is 0 Å². The first-order chi connectivity index (χ1) is 9.56. The summed E-state index contributed by atoms with van der Waals surface area (Å²) in [6, 6.07) is 0.764. The molecule has 3 fully saturated rings. The summed E-state index contributed by atoms with van der Waals surface area (Å²) in [6.45, 7) is 11.8. The highest BCUT2D eigenvalue weighted by Crippen LogP contribution is 2.48. The predicted molar refractivity (Wildman–Crippen MR) is 80.4 cm³/mol. The van der Waals surface area contributed by atoms with Crippen molar-refractivity contribution in [1.29, 1.82) is 0 Å². The highest BCUT2D eigenvalue weighted by Gasteiger charge is 2.58. The molecule has 114 valence electrons. The Balaban J connectivity index is 1.94. The van der Waals surface area contributed by atoms with Crippen molar-refractivity contribution < 1.29 is 4.79 Å². The molecule has 6 unspecified atom stereocenters. The van der Waals surface area contributed by atoms with Crippen LogP contribution in [0.15, 0.2) is 0 Å². The van der Waals surface area contributed by atoms with E-state index in [9.17, 15) is 4.79 Å². The summed E-state index contributed by atoms with van der Waals surface area (Å²) in [7, 11) is 0. The number of rotatable bonds is 3. The number of hydrogen-bond acceptors (Lipinski definition) is 4. The minimum absolute atomic E-state index is 0.116. The second-order valence-corrected chi connectivity index (χ2v) is 7.16. The molecule has 0 spiro atoms. The van der Waals surface area contributed by atoms with Gasteiger partial charge in [0.15, 0.2) is 0 Å². The Morgan fingerprint density at radius 3 is 2.75 bits per heavy atom. The Bertz CT molecular complexity index is 384. The maximum absolute atomic E-state index is 12.2. The van der Waals surface area contributed by atoms with E-state index in [-0.39, 0.29) is 6.04 Å². The largest absolute Gasteiger partial charge is 0.316 e. The van der Waals surface area contributed by atoms with E-state index < -0.39 is 0 Å². The molecule has 3 aliphatic heterocycles. The van der Waals surface area contributed by atoms with Crippen LogP contribution in [0, 0.1) is 23.7 Å². The summed E-state index contributed by atoms with van der Waals surface area (Å²) < 4.78 is 0. The number of likely N-dealkylation sites (N-methyl/N-ethyl adjacent to an activating group) is 1. The topological polar surface area (TPSA) is 44.4 Å². The average molecular weight is 279 g/mol. The van der Waals surface area contributed by atoms with Crippen molar-refractivity contribution in [3.8, 4) is 0 Å². The van der Waals surface area contributed by atoms with E-state index in [1.165, 1.54) is 6.42 Å². The number of fused-ring (bicyclic) bond motifs is 3. The van der Waals surface area contributed by atoms with E-state index in [0.29, 0.717) is 41.7 Å². The summed E-state index contributed by atoms with van der Waals surface area (Å²) in [5.74, 6) is 2.73. The first-order valence-electron chi connectivity index (χ1n) is 8.29. The van der Waals surface area contributed by atoms with E-state index in [0.717, 1.165) is 19.6 Å². The monoisotopic (exact) mass is 279 g/mol. The van der Waals surface area contributed by atoms with Crippen LogP contribution in [-0.4, -0.2) is 48.6 Å².